The fourth-order valence-corrected chi connectivity index (χ4v) is 2.67. The summed E-state index contributed by atoms with van der Waals surface area (Å²) in [6.07, 6.45) is 0.777. The summed E-state index contributed by atoms with van der Waals surface area (Å²) in [7, 11) is 0. The van der Waals surface area contributed by atoms with Crippen molar-refractivity contribution in [2.45, 2.75) is 12.5 Å². The number of nitrogens with zero attached hydrogens (tertiary/aromatic N) is 2. The Morgan fingerprint density at radius 1 is 1.45 bits per heavy atom. The molecule has 3 rings (SSSR count). The van der Waals surface area contributed by atoms with E-state index < -0.39 is 6.04 Å². The van der Waals surface area contributed by atoms with Crippen LogP contribution in [0.2, 0.25) is 5.02 Å². The monoisotopic (exact) mass is 315 g/mol. The topological polar surface area (TPSA) is 75.0 Å². The molecule has 1 amide bonds. The van der Waals surface area contributed by atoms with E-state index in [0.717, 1.165) is 11.8 Å². The second-order valence-electron chi connectivity index (χ2n) is 5.24. The van der Waals surface area contributed by atoms with Crippen molar-refractivity contribution >= 4 is 28.4 Å². The minimum absolute atomic E-state index is 0.0313. The summed E-state index contributed by atoms with van der Waals surface area (Å²) in [5.74, 6) is -0.329. The summed E-state index contributed by atoms with van der Waals surface area (Å²) in [4.78, 5) is 16.6. The Kier molecular flexibility index (Phi) is 4.23. The number of aromatic nitrogens is 1. The summed E-state index contributed by atoms with van der Waals surface area (Å²) >= 11 is 5.95. The van der Waals surface area contributed by atoms with E-state index in [4.69, 9.17) is 16.3 Å². The molecule has 1 N–H and O–H groups in total. The summed E-state index contributed by atoms with van der Waals surface area (Å²) < 4.78 is 5.27. The molecule has 0 unspecified atom stereocenters. The predicted octanol–water partition coefficient (Wildman–Crippen LogP) is 2.55. The first-order valence-electron chi connectivity index (χ1n) is 7.02. The van der Waals surface area contributed by atoms with Crippen molar-refractivity contribution in [3.05, 3.63) is 41.0 Å². The molecule has 2 aromatic rings. The fourth-order valence-electron chi connectivity index (χ4n) is 2.50. The number of pyridine rings is 1. The molecule has 1 aromatic carbocycles. The average molecular weight is 316 g/mol. The fraction of sp³-hybridized carbons (Fsp3) is 0.312. The normalized spacial score (nSPS) is 18.8. The van der Waals surface area contributed by atoms with Crippen molar-refractivity contribution in [1.82, 2.24) is 10.3 Å². The summed E-state index contributed by atoms with van der Waals surface area (Å²) in [5, 5.41) is 13.4. The van der Waals surface area contributed by atoms with Gasteiger partial charge in [0.1, 0.15) is 11.7 Å². The van der Waals surface area contributed by atoms with Crippen LogP contribution in [0.25, 0.3) is 10.9 Å². The molecule has 112 valence electrons. The Hall–Kier alpha value is -2.16. The van der Waals surface area contributed by atoms with E-state index in [9.17, 15) is 10.1 Å². The minimum Gasteiger partial charge on any atom is -0.381 e. The Labute approximate surface area is 132 Å². The molecule has 2 atom stereocenters. The smallest absolute Gasteiger partial charge is 0.270 e. The van der Waals surface area contributed by atoms with Crippen LogP contribution in [0.15, 0.2) is 30.3 Å². The Balaban J connectivity index is 1.80. The maximum absolute atomic E-state index is 12.3. The first-order chi connectivity index (χ1) is 10.7. The van der Waals surface area contributed by atoms with Crippen molar-refractivity contribution in [3.8, 4) is 6.07 Å². The lowest BCUT2D eigenvalue weighted by molar-refractivity contribution is 0.0926. The van der Waals surface area contributed by atoms with Crippen LogP contribution in [-0.4, -0.2) is 30.1 Å². The van der Waals surface area contributed by atoms with Gasteiger partial charge in [-0.1, -0.05) is 23.7 Å². The zero-order chi connectivity index (χ0) is 15.5. The summed E-state index contributed by atoms with van der Waals surface area (Å²) in [5.41, 5.74) is 0.923. The number of rotatable bonds is 3. The standard InChI is InChI=1S/C16H14ClN3O2/c17-12-3-1-10-2-4-13(19-14(10)7-12)16(21)20-15(8-18)11-5-6-22-9-11/h1-4,7,11,15H,5-6,9H2,(H,20,21)/t11-,15+/m1/s1. The van der Waals surface area contributed by atoms with Gasteiger partial charge in [0.2, 0.25) is 0 Å². The Morgan fingerprint density at radius 3 is 3.00 bits per heavy atom. The van der Waals surface area contributed by atoms with Crippen LogP contribution >= 0.6 is 11.6 Å². The van der Waals surface area contributed by atoms with Gasteiger partial charge in [0.15, 0.2) is 0 Å². The number of nitriles is 1. The van der Waals surface area contributed by atoms with Crippen LogP contribution in [0.1, 0.15) is 16.9 Å². The van der Waals surface area contributed by atoms with E-state index in [2.05, 4.69) is 16.4 Å². The van der Waals surface area contributed by atoms with Crippen molar-refractivity contribution in [1.29, 1.82) is 5.26 Å². The van der Waals surface area contributed by atoms with Crippen LogP contribution in [0.5, 0.6) is 0 Å². The quantitative estimate of drug-likeness (QED) is 0.944. The van der Waals surface area contributed by atoms with Gasteiger partial charge in [-0.05, 0) is 24.6 Å². The van der Waals surface area contributed by atoms with Gasteiger partial charge in [-0.3, -0.25) is 4.79 Å². The largest absolute Gasteiger partial charge is 0.381 e. The molecule has 0 spiro atoms. The molecule has 0 saturated carbocycles. The van der Waals surface area contributed by atoms with E-state index in [0.29, 0.717) is 23.8 Å². The number of amides is 1. The van der Waals surface area contributed by atoms with Crippen molar-refractivity contribution in [2.24, 2.45) is 5.92 Å². The zero-order valence-corrected chi connectivity index (χ0v) is 12.5. The van der Waals surface area contributed by atoms with Gasteiger partial charge in [-0.2, -0.15) is 5.26 Å². The lowest BCUT2D eigenvalue weighted by Crippen LogP contribution is -2.39. The SMILES string of the molecule is N#C[C@H](NC(=O)c1ccc2ccc(Cl)cc2n1)[C@@H]1CCOC1. The van der Waals surface area contributed by atoms with Crippen LogP contribution < -0.4 is 5.32 Å². The number of benzene rings is 1. The summed E-state index contributed by atoms with van der Waals surface area (Å²) in [6, 6.07) is 10.4. The molecule has 22 heavy (non-hydrogen) atoms. The lowest BCUT2D eigenvalue weighted by atomic mass is 10.00. The van der Waals surface area contributed by atoms with Crippen LogP contribution in [0.4, 0.5) is 0 Å². The molecule has 2 heterocycles. The van der Waals surface area contributed by atoms with Gasteiger partial charge in [0.05, 0.1) is 18.2 Å². The molecular formula is C16H14ClN3O2. The third kappa shape index (κ3) is 3.03. The van der Waals surface area contributed by atoms with Gasteiger partial charge in [-0.15, -0.1) is 0 Å². The molecule has 1 aromatic heterocycles. The third-order valence-electron chi connectivity index (χ3n) is 3.75. The van der Waals surface area contributed by atoms with E-state index in [1.165, 1.54) is 0 Å². The highest BCUT2D eigenvalue weighted by molar-refractivity contribution is 6.31. The molecular weight excluding hydrogens is 302 g/mol. The molecule has 6 heteroatoms. The van der Waals surface area contributed by atoms with Gasteiger partial charge < -0.3 is 10.1 Å². The second kappa shape index (κ2) is 6.30. The number of nitrogens with one attached hydrogen (secondary N) is 1. The van der Waals surface area contributed by atoms with Crippen molar-refractivity contribution < 1.29 is 9.53 Å². The Morgan fingerprint density at radius 2 is 2.27 bits per heavy atom. The minimum atomic E-state index is -0.563. The number of hydrogen-bond donors (Lipinski definition) is 1. The van der Waals surface area contributed by atoms with Crippen molar-refractivity contribution in [3.63, 3.8) is 0 Å². The number of carbonyl (C=O) groups excluding carboxylic acids is 1. The highest BCUT2D eigenvalue weighted by atomic mass is 35.5. The number of fused-ring (bicyclic) bond motifs is 1. The van der Waals surface area contributed by atoms with Crippen LogP contribution in [-0.2, 0) is 4.74 Å². The van der Waals surface area contributed by atoms with Gasteiger partial charge in [0.25, 0.3) is 5.91 Å². The first-order valence-corrected chi connectivity index (χ1v) is 7.40. The third-order valence-corrected chi connectivity index (χ3v) is 3.98. The molecule has 1 fully saturated rings. The number of hydrogen-bond acceptors (Lipinski definition) is 4. The predicted molar refractivity (Wildman–Crippen MR) is 82.5 cm³/mol. The summed E-state index contributed by atoms with van der Waals surface area (Å²) in [6.45, 7) is 1.13. The number of ether oxygens (including phenoxy) is 1. The highest BCUT2D eigenvalue weighted by Gasteiger charge is 2.27. The van der Waals surface area contributed by atoms with E-state index >= 15 is 0 Å². The molecule has 5 nitrogen and oxygen atoms in total. The van der Waals surface area contributed by atoms with Crippen LogP contribution in [0, 0.1) is 17.2 Å². The van der Waals surface area contributed by atoms with Gasteiger partial charge >= 0.3 is 0 Å². The average Bonchev–Trinajstić information content (AvgIpc) is 3.05. The maximum atomic E-state index is 12.3. The van der Waals surface area contributed by atoms with Crippen LogP contribution in [0.3, 0.4) is 0 Å². The van der Waals surface area contributed by atoms with E-state index in [-0.39, 0.29) is 17.5 Å². The first kappa shape index (κ1) is 14.8. The number of halogens is 1. The molecule has 1 aliphatic heterocycles. The molecule has 0 aliphatic carbocycles. The van der Waals surface area contributed by atoms with Gasteiger partial charge in [-0.25, -0.2) is 4.98 Å². The van der Waals surface area contributed by atoms with Crippen molar-refractivity contribution in [2.75, 3.05) is 13.2 Å². The van der Waals surface area contributed by atoms with Gasteiger partial charge in [0, 0.05) is 22.9 Å². The molecule has 0 radical (unpaired) electrons. The molecule has 1 saturated heterocycles. The zero-order valence-electron chi connectivity index (χ0n) is 11.8. The number of carbonyl (C=O) groups is 1. The molecule has 1 aliphatic rings. The maximum Gasteiger partial charge on any atom is 0.270 e. The highest BCUT2D eigenvalue weighted by Crippen LogP contribution is 2.19. The van der Waals surface area contributed by atoms with E-state index in [1.54, 1.807) is 18.2 Å². The molecule has 0 bridgehead atoms. The van der Waals surface area contributed by atoms with E-state index in [1.807, 2.05) is 12.1 Å². The Bertz CT molecular complexity index is 751. The lowest BCUT2D eigenvalue weighted by Gasteiger charge is -2.16. The second-order valence-corrected chi connectivity index (χ2v) is 5.67.